The lowest BCUT2D eigenvalue weighted by molar-refractivity contribution is -0.125. The van der Waals surface area contributed by atoms with Gasteiger partial charge in [0.05, 0.1) is 11.4 Å². The maximum absolute atomic E-state index is 13.0. The Kier molecular flexibility index (Phi) is 4.46. The first-order valence-electron chi connectivity index (χ1n) is 9.48. The monoisotopic (exact) mass is 366 g/mol. The van der Waals surface area contributed by atoms with Crippen molar-refractivity contribution in [2.75, 3.05) is 29.7 Å². The topological polar surface area (TPSA) is 42.0 Å². The first-order chi connectivity index (χ1) is 12.9. The first kappa shape index (κ1) is 17.7. The number of rotatable bonds is 2. The van der Waals surface area contributed by atoms with Crippen LogP contribution in [0.3, 0.4) is 0 Å². The minimum absolute atomic E-state index is 0.167. The number of benzene rings is 2. The molecular formula is C22H26N2O3. The van der Waals surface area contributed by atoms with Gasteiger partial charge in [-0.15, -0.1) is 0 Å². The Morgan fingerprint density at radius 2 is 1.74 bits per heavy atom. The van der Waals surface area contributed by atoms with Crippen molar-refractivity contribution in [3.63, 3.8) is 0 Å². The molecular weight excluding hydrogens is 340 g/mol. The van der Waals surface area contributed by atoms with E-state index < -0.39 is 5.41 Å². The lowest BCUT2D eigenvalue weighted by Crippen LogP contribution is -2.40. The molecule has 2 aliphatic heterocycles. The molecule has 5 nitrogen and oxygen atoms in total. The van der Waals surface area contributed by atoms with Crippen molar-refractivity contribution in [3.8, 4) is 11.5 Å². The largest absolute Gasteiger partial charge is 0.454 e. The van der Waals surface area contributed by atoms with Crippen molar-refractivity contribution in [1.82, 2.24) is 0 Å². The minimum atomic E-state index is -0.403. The van der Waals surface area contributed by atoms with Crippen LogP contribution in [0.4, 0.5) is 11.4 Å². The molecule has 2 aromatic carbocycles. The fourth-order valence-electron chi connectivity index (χ4n) is 3.66. The van der Waals surface area contributed by atoms with Gasteiger partial charge >= 0.3 is 0 Å². The lowest BCUT2D eigenvalue weighted by atomic mass is 9.94. The summed E-state index contributed by atoms with van der Waals surface area (Å²) in [4.78, 5) is 17.3. The third kappa shape index (κ3) is 3.46. The number of anilines is 2. The normalized spacial score (nSPS) is 16.1. The van der Waals surface area contributed by atoms with Crippen LogP contribution in [0.5, 0.6) is 11.5 Å². The summed E-state index contributed by atoms with van der Waals surface area (Å²) in [6.07, 6.45) is 0.932. The Morgan fingerprint density at radius 1 is 1.00 bits per heavy atom. The molecule has 0 aromatic heterocycles. The lowest BCUT2D eigenvalue weighted by Gasteiger charge is -2.30. The van der Waals surface area contributed by atoms with E-state index in [9.17, 15) is 4.79 Å². The molecule has 0 saturated carbocycles. The van der Waals surface area contributed by atoms with E-state index in [2.05, 4.69) is 23.1 Å². The van der Waals surface area contributed by atoms with E-state index in [1.807, 2.05) is 49.9 Å². The zero-order valence-corrected chi connectivity index (χ0v) is 16.2. The zero-order valence-electron chi connectivity index (χ0n) is 16.2. The van der Waals surface area contributed by atoms with Gasteiger partial charge in [-0.25, -0.2) is 0 Å². The molecule has 0 saturated heterocycles. The van der Waals surface area contributed by atoms with Crippen LogP contribution >= 0.6 is 0 Å². The second-order valence-corrected chi connectivity index (χ2v) is 8.16. The average Bonchev–Trinajstić information content (AvgIpc) is 3.03. The molecule has 2 heterocycles. The predicted molar refractivity (Wildman–Crippen MR) is 106 cm³/mol. The number of para-hydroxylation sites is 2. The standard InChI is InChI=1S/C22H26N2O3/c1-22(2,3)21(25)24-12-6-11-23(17-7-4-5-8-18(17)24)14-16-9-10-19-20(13-16)27-15-26-19/h4-5,7-10,13H,6,11-12,14-15H2,1-3H3. The number of ether oxygens (including phenoxy) is 2. The second-order valence-electron chi connectivity index (χ2n) is 8.16. The van der Waals surface area contributed by atoms with E-state index in [0.29, 0.717) is 0 Å². The van der Waals surface area contributed by atoms with Gasteiger partial charge in [0, 0.05) is 25.0 Å². The van der Waals surface area contributed by atoms with Crippen LogP contribution in [0.15, 0.2) is 42.5 Å². The van der Waals surface area contributed by atoms with Crippen molar-refractivity contribution in [1.29, 1.82) is 0 Å². The molecule has 0 spiro atoms. The van der Waals surface area contributed by atoms with Gasteiger partial charge < -0.3 is 19.3 Å². The van der Waals surface area contributed by atoms with Gasteiger partial charge in [-0.2, -0.15) is 0 Å². The van der Waals surface area contributed by atoms with Crippen LogP contribution in [-0.4, -0.2) is 25.8 Å². The predicted octanol–water partition coefficient (Wildman–Crippen LogP) is 4.20. The molecule has 0 bridgehead atoms. The smallest absolute Gasteiger partial charge is 0.232 e. The van der Waals surface area contributed by atoms with E-state index in [4.69, 9.17) is 9.47 Å². The van der Waals surface area contributed by atoms with Crippen molar-refractivity contribution >= 4 is 17.3 Å². The van der Waals surface area contributed by atoms with E-state index >= 15 is 0 Å². The Labute approximate surface area is 160 Å². The number of carbonyl (C=O) groups is 1. The molecule has 0 N–H and O–H groups in total. The molecule has 0 atom stereocenters. The molecule has 5 heteroatoms. The van der Waals surface area contributed by atoms with Gasteiger partial charge in [-0.3, -0.25) is 4.79 Å². The van der Waals surface area contributed by atoms with E-state index in [0.717, 1.165) is 48.9 Å². The molecule has 27 heavy (non-hydrogen) atoms. The SMILES string of the molecule is CC(C)(C)C(=O)N1CCCN(Cc2ccc3c(c2)OCO3)c2ccccc21. The quantitative estimate of drug-likeness (QED) is 0.799. The van der Waals surface area contributed by atoms with Gasteiger partial charge in [0.25, 0.3) is 0 Å². The van der Waals surface area contributed by atoms with Crippen molar-refractivity contribution < 1.29 is 14.3 Å². The maximum atomic E-state index is 13.0. The van der Waals surface area contributed by atoms with Gasteiger partial charge in [-0.1, -0.05) is 39.0 Å². The minimum Gasteiger partial charge on any atom is -0.454 e. The summed E-state index contributed by atoms with van der Waals surface area (Å²) >= 11 is 0. The van der Waals surface area contributed by atoms with Crippen LogP contribution in [0, 0.1) is 5.41 Å². The van der Waals surface area contributed by atoms with Crippen LogP contribution in [0.1, 0.15) is 32.8 Å². The van der Waals surface area contributed by atoms with Crippen LogP contribution < -0.4 is 19.3 Å². The Bertz CT molecular complexity index is 857. The number of carbonyl (C=O) groups excluding carboxylic acids is 1. The van der Waals surface area contributed by atoms with Crippen molar-refractivity contribution in [2.45, 2.75) is 33.7 Å². The first-order valence-corrected chi connectivity index (χ1v) is 9.48. The Hall–Kier alpha value is -2.69. The van der Waals surface area contributed by atoms with Crippen LogP contribution in [0.25, 0.3) is 0 Å². The van der Waals surface area contributed by atoms with Gasteiger partial charge in [0.15, 0.2) is 11.5 Å². The van der Waals surface area contributed by atoms with E-state index in [-0.39, 0.29) is 12.7 Å². The van der Waals surface area contributed by atoms with Gasteiger partial charge in [0.2, 0.25) is 12.7 Å². The highest BCUT2D eigenvalue weighted by Gasteiger charge is 2.31. The highest BCUT2D eigenvalue weighted by molar-refractivity contribution is 6.00. The molecule has 1 amide bonds. The van der Waals surface area contributed by atoms with Gasteiger partial charge in [0.1, 0.15) is 0 Å². The van der Waals surface area contributed by atoms with Crippen molar-refractivity contribution in [3.05, 3.63) is 48.0 Å². The molecule has 4 rings (SSSR count). The summed E-state index contributed by atoms with van der Waals surface area (Å²) < 4.78 is 10.9. The maximum Gasteiger partial charge on any atom is 0.232 e. The number of hydrogen-bond donors (Lipinski definition) is 0. The summed E-state index contributed by atoms with van der Waals surface area (Å²) in [7, 11) is 0. The Morgan fingerprint density at radius 3 is 2.52 bits per heavy atom. The number of hydrogen-bond acceptors (Lipinski definition) is 4. The third-order valence-electron chi connectivity index (χ3n) is 5.02. The number of nitrogens with zero attached hydrogens (tertiary/aromatic N) is 2. The highest BCUT2D eigenvalue weighted by Crippen LogP contribution is 2.37. The fourth-order valence-corrected chi connectivity index (χ4v) is 3.66. The van der Waals surface area contributed by atoms with Gasteiger partial charge in [-0.05, 0) is 36.2 Å². The summed E-state index contributed by atoms with van der Waals surface area (Å²) in [6.45, 7) is 8.64. The van der Waals surface area contributed by atoms with Crippen LogP contribution in [-0.2, 0) is 11.3 Å². The van der Waals surface area contributed by atoms with E-state index in [1.54, 1.807) is 0 Å². The molecule has 0 radical (unpaired) electrons. The van der Waals surface area contributed by atoms with E-state index in [1.165, 1.54) is 5.56 Å². The highest BCUT2D eigenvalue weighted by atomic mass is 16.7. The summed E-state index contributed by atoms with van der Waals surface area (Å²) in [6, 6.07) is 14.3. The molecule has 0 aliphatic carbocycles. The average molecular weight is 366 g/mol. The Balaban J connectivity index is 1.64. The number of fused-ring (bicyclic) bond motifs is 2. The molecule has 2 aromatic rings. The molecule has 142 valence electrons. The van der Waals surface area contributed by atoms with Crippen molar-refractivity contribution in [2.24, 2.45) is 5.41 Å². The number of amides is 1. The molecule has 0 unspecified atom stereocenters. The molecule has 2 aliphatic rings. The molecule has 0 fully saturated rings. The fraction of sp³-hybridized carbons (Fsp3) is 0.409. The second kappa shape index (κ2) is 6.80. The van der Waals surface area contributed by atoms with Crippen LogP contribution in [0.2, 0.25) is 0 Å². The summed E-state index contributed by atoms with van der Waals surface area (Å²) in [5, 5.41) is 0. The third-order valence-corrected chi connectivity index (χ3v) is 5.02. The summed E-state index contributed by atoms with van der Waals surface area (Å²) in [5.74, 6) is 1.77. The summed E-state index contributed by atoms with van der Waals surface area (Å²) in [5.41, 5.74) is 2.87. The zero-order chi connectivity index (χ0) is 19.0.